The molecule has 4 rings (SSSR count). The number of rotatable bonds is 10. The molecule has 1 saturated heterocycles. The highest BCUT2D eigenvalue weighted by atomic mass is 32.2. The van der Waals surface area contributed by atoms with Crippen molar-refractivity contribution in [3.8, 4) is 11.5 Å². The highest BCUT2D eigenvalue weighted by Crippen LogP contribution is 2.36. The molecule has 3 aromatic rings. The summed E-state index contributed by atoms with van der Waals surface area (Å²) >= 11 is 1.36. The van der Waals surface area contributed by atoms with E-state index in [2.05, 4.69) is 5.32 Å². The lowest BCUT2D eigenvalue weighted by atomic mass is 10.2. The first-order chi connectivity index (χ1) is 18.1. The van der Waals surface area contributed by atoms with Gasteiger partial charge in [0.15, 0.2) is 23.3 Å². The summed E-state index contributed by atoms with van der Waals surface area (Å²) in [6, 6.07) is 24.2. The standard InChI is InChI=1S/C29H29N3O4S/c1-3-17-32-28(34)26(37-29(32)31-23-13-9-6-10-14-23)19-21-15-16-24(25(18-21)35-4-2)36-20-27(33)30-22-11-7-5-8-12-22/h5-16,18-19H,3-4,17,20H2,1-2H3,(H,30,33)/b26-19+,31-29?. The molecule has 0 aromatic heterocycles. The number of carbonyl (C=O) groups excluding carboxylic acids is 2. The van der Waals surface area contributed by atoms with Crippen molar-refractivity contribution in [3.63, 3.8) is 0 Å². The Kier molecular flexibility index (Phi) is 8.99. The summed E-state index contributed by atoms with van der Waals surface area (Å²) in [6.07, 6.45) is 2.66. The van der Waals surface area contributed by atoms with E-state index >= 15 is 0 Å². The Morgan fingerprint density at radius 1 is 0.973 bits per heavy atom. The molecular weight excluding hydrogens is 486 g/mol. The Bertz CT molecular complexity index is 1290. The van der Waals surface area contributed by atoms with Crippen LogP contribution in [0.2, 0.25) is 0 Å². The van der Waals surface area contributed by atoms with Gasteiger partial charge in [0.2, 0.25) is 0 Å². The van der Waals surface area contributed by atoms with Crippen molar-refractivity contribution >= 4 is 46.2 Å². The summed E-state index contributed by atoms with van der Waals surface area (Å²) in [4.78, 5) is 32.4. The second kappa shape index (κ2) is 12.8. The third-order valence-corrected chi connectivity index (χ3v) is 6.30. The highest BCUT2D eigenvalue weighted by Gasteiger charge is 2.32. The summed E-state index contributed by atoms with van der Waals surface area (Å²) in [6.45, 7) is 4.78. The third-order valence-electron chi connectivity index (χ3n) is 5.30. The van der Waals surface area contributed by atoms with Crippen LogP contribution in [0.3, 0.4) is 0 Å². The lowest BCUT2D eigenvalue weighted by Gasteiger charge is -2.14. The van der Waals surface area contributed by atoms with E-state index in [1.54, 1.807) is 11.0 Å². The van der Waals surface area contributed by atoms with Gasteiger partial charge in [-0.2, -0.15) is 0 Å². The Balaban J connectivity index is 1.50. The summed E-state index contributed by atoms with van der Waals surface area (Å²) in [5.74, 6) is 0.617. The van der Waals surface area contributed by atoms with Gasteiger partial charge in [-0.25, -0.2) is 4.99 Å². The molecule has 2 amide bonds. The van der Waals surface area contributed by atoms with E-state index in [1.165, 1.54) is 11.8 Å². The average molecular weight is 516 g/mol. The molecule has 0 aliphatic carbocycles. The molecule has 8 heteroatoms. The van der Waals surface area contributed by atoms with Gasteiger partial charge < -0.3 is 14.8 Å². The van der Waals surface area contributed by atoms with E-state index in [-0.39, 0.29) is 18.4 Å². The van der Waals surface area contributed by atoms with E-state index in [9.17, 15) is 9.59 Å². The maximum Gasteiger partial charge on any atom is 0.266 e. The number of amidine groups is 1. The van der Waals surface area contributed by atoms with E-state index < -0.39 is 0 Å². The quantitative estimate of drug-likeness (QED) is 0.329. The molecule has 0 radical (unpaired) electrons. The summed E-state index contributed by atoms with van der Waals surface area (Å²) in [5, 5.41) is 3.46. The zero-order valence-corrected chi connectivity index (χ0v) is 21.7. The number of anilines is 1. The summed E-state index contributed by atoms with van der Waals surface area (Å²) in [5.41, 5.74) is 2.29. The predicted octanol–water partition coefficient (Wildman–Crippen LogP) is 6.12. The number of amides is 2. The lowest BCUT2D eigenvalue weighted by molar-refractivity contribution is -0.122. The van der Waals surface area contributed by atoms with Gasteiger partial charge in [-0.1, -0.05) is 49.4 Å². The number of carbonyl (C=O) groups is 2. The first kappa shape index (κ1) is 26.0. The fourth-order valence-electron chi connectivity index (χ4n) is 3.64. The average Bonchev–Trinajstić information content (AvgIpc) is 3.18. The van der Waals surface area contributed by atoms with Crippen molar-refractivity contribution in [1.29, 1.82) is 0 Å². The molecule has 7 nitrogen and oxygen atoms in total. The van der Waals surface area contributed by atoms with Crippen LogP contribution in [-0.4, -0.2) is 41.6 Å². The number of aliphatic imine (C=N–C) groups is 1. The van der Waals surface area contributed by atoms with Gasteiger partial charge in [0.05, 0.1) is 17.2 Å². The molecule has 3 aromatic carbocycles. The first-order valence-electron chi connectivity index (χ1n) is 12.2. The van der Waals surface area contributed by atoms with Crippen LogP contribution < -0.4 is 14.8 Å². The Morgan fingerprint density at radius 2 is 1.70 bits per heavy atom. The normalized spacial score (nSPS) is 15.3. The minimum Gasteiger partial charge on any atom is -0.490 e. The molecular formula is C29H29N3O4S. The Hall–Kier alpha value is -4.04. The number of hydrogen-bond donors (Lipinski definition) is 1. The maximum atomic E-state index is 13.2. The SMILES string of the molecule is CCCN1C(=O)/C(=C\c2ccc(OCC(=O)Nc3ccccc3)c(OCC)c2)SC1=Nc1ccccc1. The zero-order valence-electron chi connectivity index (χ0n) is 20.8. The van der Waals surface area contributed by atoms with Gasteiger partial charge >= 0.3 is 0 Å². The molecule has 1 aliphatic heterocycles. The molecule has 1 heterocycles. The van der Waals surface area contributed by atoms with E-state index in [0.29, 0.717) is 40.4 Å². The molecule has 1 N–H and O–H groups in total. The Morgan fingerprint density at radius 3 is 2.41 bits per heavy atom. The highest BCUT2D eigenvalue weighted by molar-refractivity contribution is 8.18. The van der Waals surface area contributed by atoms with Gasteiger partial charge in [-0.15, -0.1) is 0 Å². The van der Waals surface area contributed by atoms with Crippen molar-refractivity contribution < 1.29 is 19.1 Å². The molecule has 37 heavy (non-hydrogen) atoms. The summed E-state index contributed by atoms with van der Waals surface area (Å²) in [7, 11) is 0. The molecule has 0 atom stereocenters. The van der Waals surface area contributed by atoms with Crippen LogP contribution in [0, 0.1) is 0 Å². The van der Waals surface area contributed by atoms with Gasteiger partial charge in [0.1, 0.15) is 0 Å². The first-order valence-corrected chi connectivity index (χ1v) is 13.0. The van der Waals surface area contributed by atoms with Crippen molar-refractivity contribution in [2.45, 2.75) is 20.3 Å². The number of benzene rings is 3. The number of thioether (sulfide) groups is 1. The van der Waals surface area contributed by atoms with Crippen LogP contribution in [0.15, 0.2) is 88.8 Å². The number of nitrogens with zero attached hydrogens (tertiary/aromatic N) is 2. The second-order valence-electron chi connectivity index (χ2n) is 8.14. The van der Waals surface area contributed by atoms with Gasteiger partial charge in [0, 0.05) is 12.2 Å². The van der Waals surface area contributed by atoms with Crippen LogP contribution >= 0.6 is 11.8 Å². The molecule has 0 spiro atoms. The number of nitrogens with one attached hydrogen (secondary N) is 1. The monoisotopic (exact) mass is 515 g/mol. The topological polar surface area (TPSA) is 80.2 Å². The minimum absolute atomic E-state index is 0.0719. The van der Waals surface area contributed by atoms with Gasteiger partial charge in [0.25, 0.3) is 11.8 Å². The van der Waals surface area contributed by atoms with Crippen molar-refractivity contribution in [2.75, 3.05) is 25.1 Å². The van der Waals surface area contributed by atoms with E-state index in [1.807, 2.05) is 92.7 Å². The lowest BCUT2D eigenvalue weighted by Crippen LogP contribution is -2.29. The van der Waals surface area contributed by atoms with Crippen LogP contribution in [0.4, 0.5) is 11.4 Å². The fraction of sp³-hybridized carbons (Fsp3) is 0.207. The molecule has 0 bridgehead atoms. The van der Waals surface area contributed by atoms with Crippen LogP contribution in [0.25, 0.3) is 6.08 Å². The molecule has 0 unspecified atom stereocenters. The molecule has 190 valence electrons. The Labute approximate surface area is 221 Å². The molecule has 1 aliphatic rings. The maximum absolute atomic E-state index is 13.2. The van der Waals surface area contributed by atoms with Crippen molar-refractivity contribution in [3.05, 3.63) is 89.3 Å². The number of para-hydroxylation sites is 2. The predicted molar refractivity (Wildman–Crippen MR) is 149 cm³/mol. The minimum atomic E-state index is -0.269. The molecule has 1 fully saturated rings. The summed E-state index contributed by atoms with van der Waals surface area (Å²) < 4.78 is 11.5. The third kappa shape index (κ3) is 7.01. The zero-order chi connectivity index (χ0) is 26.0. The van der Waals surface area contributed by atoms with Gasteiger partial charge in [-0.3, -0.25) is 14.5 Å². The number of ether oxygens (including phenoxy) is 2. The fourth-order valence-corrected chi connectivity index (χ4v) is 4.66. The second-order valence-corrected chi connectivity index (χ2v) is 9.15. The van der Waals surface area contributed by atoms with E-state index in [0.717, 1.165) is 17.7 Å². The number of hydrogen-bond acceptors (Lipinski definition) is 6. The van der Waals surface area contributed by atoms with Crippen LogP contribution in [-0.2, 0) is 9.59 Å². The smallest absolute Gasteiger partial charge is 0.266 e. The van der Waals surface area contributed by atoms with Crippen LogP contribution in [0.5, 0.6) is 11.5 Å². The van der Waals surface area contributed by atoms with Crippen molar-refractivity contribution in [1.82, 2.24) is 4.90 Å². The van der Waals surface area contributed by atoms with Crippen molar-refractivity contribution in [2.24, 2.45) is 4.99 Å². The van der Waals surface area contributed by atoms with E-state index in [4.69, 9.17) is 14.5 Å². The largest absolute Gasteiger partial charge is 0.490 e. The van der Waals surface area contributed by atoms with Crippen LogP contribution in [0.1, 0.15) is 25.8 Å². The van der Waals surface area contributed by atoms with Gasteiger partial charge in [-0.05, 0) is 73.1 Å². The molecule has 0 saturated carbocycles.